The number of furan rings is 1. The summed E-state index contributed by atoms with van der Waals surface area (Å²) in [6.07, 6.45) is 6.13. The van der Waals surface area contributed by atoms with Crippen LogP contribution < -0.4 is 5.56 Å². The molecular weight excluding hydrogens is 502 g/mol. The van der Waals surface area contributed by atoms with Crippen molar-refractivity contribution in [3.05, 3.63) is 142 Å². The number of fused-ring (bicyclic) bond motifs is 1. The fraction of sp³-hybridized carbons (Fsp3) is 0.194. The molecule has 9 heteroatoms. The average Bonchev–Trinajstić information content (AvgIpc) is 3.67. The number of benzene rings is 2. The van der Waals surface area contributed by atoms with Gasteiger partial charge >= 0.3 is 0 Å². The van der Waals surface area contributed by atoms with E-state index >= 15 is 0 Å². The minimum absolute atomic E-state index is 0.182. The van der Waals surface area contributed by atoms with Gasteiger partial charge in [0.05, 0.1) is 6.26 Å². The van der Waals surface area contributed by atoms with E-state index < -0.39 is 6.04 Å². The van der Waals surface area contributed by atoms with Crippen molar-refractivity contribution in [3.8, 4) is 0 Å². The molecule has 1 atom stereocenters. The Hall–Kier alpha value is -4.89. The number of H-pyrrole nitrogens is 1. The molecule has 4 heterocycles. The van der Waals surface area contributed by atoms with Crippen molar-refractivity contribution in [3.63, 3.8) is 0 Å². The summed E-state index contributed by atoms with van der Waals surface area (Å²) in [4.78, 5) is 23.4. The zero-order valence-corrected chi connectivity index (χ0v) is 22.1. The van der Waals surface area contributed by atoms with Gasteiger partial charge in [-0.15, -0.1) is 5.10 Å². The molecule has 0 amide bonds. The van der Waals surface area contributed by atoms with E-state index in [1.165, 1.54) is 5.56 Å². The first-order valence-corrected chi connectivity index (χ1v) is 13.3. The van der Waals surface area contributed by atoms with Crippen LogP contribution >= 0.6 is 0 Å². The van der Waals surface area contributed by atoms with Crippen LogP contribution in [0.1, 0.15) is 46.8 Å². The van der Waals surface area contributed by atoms with Gasteiger partial charge < -0.3 is 9.40 Å². The normalized spacial score (nSPS) is 12.2. The summed E-state index contributed by atoms with van der Waals surface area (Å²) >= 11 is 0. The lowest BCUT2D eigenvalue weighted by Gasteiger charge is -2.31. The Morgan fingerprint density at radius 2 is 1.80 bits per heavy atom. The number of tetrazole rings is 1. The number of nitrogens with one attached hydrogen (secondary N) is 1. The van der Waals surface area contributed by atoms with Crippen LogP contribution in [-0.4, -0.2) is 35.1 Å². The van der Waals surface area contributed by atoms with Gasteiger partial charge in [0.2, 0.25) is 0 Å². The number of nitrogens with zero attached hydrogens (tertiary/aromatic N) is 6. The molecule has 40 heavy (non-hydrogen) atoms. The summed E-state index contributed by atoms with van der Waals surface area (Å²) in [5.41, 5.74) is 4.49. The predicted molar refractivity (Wildman–Crippen MR) is 151 cm³/mol. The molecular formula is C31H29N7O2. The van der Waals surface area contributed by atoms with E-state index in [-0.39, 0.29) is 5.56 Å². The van der Waals surface area contributed by atoms with Crippen LogP contribution in [0.15, 0.2) is 107 Å². The number of aromatic amines is 1. The van der Waals surface area contributed by atoms with Gasteiger partial charge in [-0.05, 0) is 75.3 Å². The second-order valence-electron chi connectivity index (χ2n) is 9.76. The van der Waals surface area contributed by atoms with E-state index in [2.05, 4.69) is 55.5 Å². The van der Waals surface area contributed by atoms with Crippen molar-refractivity contribution < 1.29 is 4.42 Å². The summed E-state index contributed by atoms with van der Waals surface area (Å²) in [6.45, 7) is 3.53. The van der Waals surface area contributed by atoms with Crippen LogP contribution in [0, 0.1) is 0 Å². The first-order chi connectivity index (χ1) is 19.7. The molecule has 0 bridgehead atoms. The highest BCUT2D eigenvalue weighted by Gasteiger charge is 2.31. The highest BCUT2D eigenvalue weighted by atomic mass is 16.3. The second kappa shape index (κ2) is 11.5. The maximum atomic E-state index is 13.8. The largest absolute Gasteiger partial charge is 0.467 e. The van der Waals surface area contributed by atoms with Gasteiger partial charge in [0.1, 0.15) is 18.3 Å². The Morgan fingerprint density at radius 3 is 2.58 bits per heavy atom. The van der Waals surface area contributed by atoms with Crippen molar-refractivity contribution >= 4 is 10.9 Å². The van der Waals surface area contributed by atoms with Crippen LogP contribution in [0.25, 0.3) is 10.9 Å². The topological polar surface area (TPSA) is 106 Å². The van der Waals surface area contributed by atoms with E-state index in [9.17, 15) is 4.79 Å². The Balaban J connectivity index is 1.53. The van der Waals surface area contributed by atoms with E-state index in [4.69, 9.17) is 4.42 Å². The first-order valence-electron chi connectivity index (χ1n) is 13.3. The van der Waals surface area contributed by atoms with Gasteiger partial charge in [0.15, 0.2) is 5.82 Å². The zero-order chi connectivity index (χ0) is 27.3. The lowest BCUT2D eigenvalue weighted by molar-refractivity contribution is 0.193. The summed E-state index contributed by atoms with van der Waals surface area (Å²) in [5.74, 6) is 1.27. The Morgan fingerprint density at radius 1 is 0.950 bits per heavy atom. The molecule has 0 aliphatic carbocycles. The maximum absolute atomic E-state index is 13.8. The Labute approximate surface area is 231 Å². The number of aromatic nitrogens is 6. The van der Waals surface area contributed by atoms with Crippen LogP contribution in [0.2, 0.25) is 0 Å². The van der Waals surface area contributed by atoms with Gasteiger partial charge in [-0.1, -0.05) is 49.4 Å². The lowest BCUT2D eigenvalue weighted by Crippen LogP contribution is -2.35. The average molecular weight is 532 g/mol. The van der Waals surface area contributed by atoms with Crippen molar-refractivity contribution in [1.29, 1.82) is 0 Å². The fourth-order valence-electron chi connectivity index (χ4n) is 5.05. The van der Waals surface area contributed by atoms with E-state index in [0.717, 1.165) is 28.5 Å². The van der Waals surface area contributed by atoms with Crippen LogP contribution in [0.3, 0.4) is 0 Å². The highest BCUT2D eigenvalue weighted by molar-refractivity contribution is 5.80. The third-order valence-corrected chi connectivity index (χ3v) is 7.03. The van der Waals surface area contributed by atoms with E-state index in [1.54, 1.807) is 17.1 Å². The monoisotopic (exact) mass is 531 g/mol. The molecule has 200 valence electrons. The van der Waals surface area contributed by atoms with Gasteiger partial charge in [-0.3, -0.25) is 14.7 Å². The number of aryl methyl sites for hydroxylation is 1. The van der Waals surface area contributed by atoms with Gasteiger partial charge in [0.25, 0.3) is 5.56 Å². The standard InChI is InChI=1S/C31H29N7O2/c1-2-22-12-13-28-25(16-22)17-27(31(39)33-28)29(30-34-35-36-38(30)21-26-11-7-15-40-26)37(19-23-8-4-3-5-9-23)20-24-10-6-14-32-18-24/h3-18,29H,2,19-21H2,1H3,(H,33,39)/t29-/m1/s1. The molecule has 9 nitrogen and oxygen atoms in total. The van der Waals surface area contributed by atoms with E-state index in [1.807, 2.05) is 66.9 Å². The quantitative estimate of drug-likeness (QED) is 0.268. The minimum Gasteiger partial charge on any atom is -0.467 e. The molecule has 0 radical (unpaired) electrons. The Bertz CT molecular complexity index is 1700. The van der Waals surface area contributed by atoms with Crippen LogP contribution in [-0.2, 0) is 26.1 Å². The van der Waals surface area contributed by atoms with Crippen molar-refractivity contribution in [2.45, 2.75) is 39.0 Å². The number of rotatable bonds is 10. The third-order valence-electron chi connectivity index (χ3n) is 7.03. The van der Waals surface area contributed by atoms with Gasteiger partial charge in [-0.25, -0.2) is 4.68 Å². The molecule has 0 saturated heterocycles. The van der Waals surface area contributed by atoms with Crippen LogP contribution in [0.4, 0.5) is 0 Å². The number of hydrogen-bond acceptors (Lipinski definition) is 7. The first kappa shape index (κ1) is 25.4. The molecule has 2 aromatic carbocycles. The number of pyridine rings is 2. The molecule has 0 aliphatic heterocycles. The molecule has 0 fully saturated rings. The van der Waals surface area contributed by atoms with Crippen LogP contribution in [0.5, 0.6) is 0 Å². The van der Waals surface area contributed by atoms with Gasteiger partial charge in [-0.2, -0.15) is 0 Å². The SMILES string of the molecule is CCc1ccc2[nH]c(=O)c([C@H](c3nnnn3Cc3ccco3)N(Cc3ccccc3)Cc3cccnc3)cc2c1. The zero-order valence-electron chi connectivity index (χ0n) is 22.1. The Kier molecular flexibility index (Phi) is 7.28. The van der Waals surface area contributed by atoms with Crippen molar-refractivity contribution in [2.24, 2.45) is 0 Å². The van der Waals surface area contributed by atoms with E-state index in [0.29, 0.717) is 36.8 Å². The predicted octanol–water partition coefficient (Wildman–Crippen LogP) is 4.91. The molecule has 0 aliphatic rings. The molecule has 6 rings (SSSR count). The molecule has 4 aromatic heterocycles. The smallest absolute Gasteiger partial charge is 0.253 e. The lowest BCUT2D eigenvalue weighted by atomic mass is 10.0. The second-order valence-corrected chi connectivity index (χ2v) is 9.76. The molecule has 0 unspecified atom stereocenters. The molecule has 0 spiro atoms. The fourth-order valence-corrected chi connectivity index (χ4v) is 5.05. The minimum atomic E-state index is -0.566. The van der Waals surface area contributed by atoms with Gasteiger partial charge in [0, 0.05) is 36.6 Å². The summed E-state index contributed by atoms with van der Waals surface area (Å²) in [7, 11) is 0. The molecule has 6 aromatic rings. The number of hydrogen-bond donors (Lipinski definition) is 1. The van der Waals surface area contributed by atoms with Crippen molar-refractivity contribution in [1.82, 2.24) is 35.1 Å². The third kappa shape index (κ3) is 5.45. The maximum Gasteiger partial charge on any atom is 0.253 e. The molecule has 1 N–H and O–H groups in total. The molecule has 0 saturated carbocycles. The van der Waals surface area contributed by atoms with Crippen molar-refractivity contribution in [2.75, 3.05) is 0 Å². The summed E-state index contributed by atoms with van der Waals surface area (Å²) in [5, 5.41) is 13.8. The highest BCUT2D eigenvalue weighted by Crippen LogP contribution is 2.30. The summed E-state index contributed by atoms with van der Waals surface area (Å²) < 4.78 is 7.30. The summed E-state index contributed by atoms with van der Waals surface area (Å²) in [6, 6.07) is 25.4.